The van der Waals surface area contributed by atoms with Gasteiger partial charge in [-0.15, -0.1) is 11.3 Å². The largest absolute Gasteiger partial charge is 0.383 e. The molecule has 228 valence electrons. The zero-order chi connectivity index (χ0) is 32.2. The monoisotopic (exact) mass is 627 g/mol. The molecule has 0 saturated heterocycles. The third-order valence-electron chi connectivity index (χ3n) is 8.33. The standard InChI is InChI=1S/C41H33N5S/c1-27-9-7-13-32(23-27)34-21-22-36-35-15-5-6-16-37(35)47-39(36)38(34)45-41(44-26-29-10-3-2-4-11-29)46-40(43)33-14-8-12-31(24-33)30-19-17-28(25-42)18-20-30/h2-8,10-24,26-27,41,45H,9H2,1H3,(H2,43,46)/t27-,41?/m0/s1. The van der Waals surface area contributed by atoms with E-state index in [1.165, 1.54) is 21.0 Å². The van der Waals surface area contributed by atoms with Gasteiger partial charge in [0.1, 0.15) is 5.84 Å². The number of anilines is 1. The molecule has 5 nitrogen and oxygen atoms in total. The lowest BCUT2D eigenvalue weighted by Crippen LogP contribution is -2.23. The highest BCUT2D eigenvalue weighted by molar-refractivity contribution is 7.26. The number of hydrogen-bond acceptors (Lipinski definition) is 5. The maximum absolute atomic E-state index is 9.21. The second kappa shape index (κ2) is 13.3. The number of aliphatic imine (C=N–C) groups is 2. The minimum Gasteiger partial charge on any atom is -0.383 e. The summed E-state index contributed by atoms with van der Waals surface area (Å²) in [6.45, 7) is 2.25. The molecular weight excluding hydrogens is 595 g/mol. The zero-order valence-corrected chi connectivity index (χ0v) is 26.8. The first-order valence-electron chi connectivity index (χ1n) is 15.7. The van der Waals surface area contributed by atoms with Crippen LogP contribution >= 0.6 is 11.3 Å². The van der Waals surface area contributed by atoms with E-state index < -0.39 is 6.29 Å². The summed E-state index contributed by atoms with van der Waals surface area (Å²) in [5.74, 6) is 0.823. The molecular formula is C41H33N5S. The van der Waals surface area contributed by atoms with Gasteiger partial charge in [-0.05, 0) is 58.9 Å². The lowest BCUT2D eigenvalue weighted by atomic mass is 9.92. The molecule has 7 rings (SSSR count). The van der Waals surface area contributed by atoms with Crippen LogP contribution in [0.2, 0.25) is 0 Å². The van der Waals surface area contributed by atoms with E-state index in [9.17, 15) is 5.26 Å². The predicted octanol–water partition coefficient (Wildman–Crippen LogP) is 9.79. The van der Waals surface area contributed by atoms with Gasteiger partial charge in [0, 0.05) is 32.8 Å². The highest BCUT2D eigenvalue weighted by Gasteiger charge is 2.19. The summed E-state index contributed by atoms with van der Waals surface area (Å²) >= 11 is 1.78. The quantitative estimate of drug-likeness (QED) is 0.130. The molecule has 0 spiro atoms. The number of rotatable bonds is 8. The molecule has 0 aliphatic heterocycles. The molecule has 0 saturated carbocycles. The Hall–Kier alpha value is -5.77. The molecule has 1 heterocycles. The first kappa shape index (κ1) is 29.9. The number of thiophene rings is 1. The van der Waals surface area contributed by atoms with Gasteiger partial charge in [0.15, 0.2) is 0 Å². The third kappa shape index (κ3) is 6.48. The highest BCUT2D eigenvalue weighted by Crippen LogP contribution is 2.43. The number of nitrogens with two attached hydrogens (primary N) is 1. The fourth-order valence-corrected chi connectivity index (χ4v) is 7.13. The Morgan fingerprint density at radius 1 is 0.915 bits per heavy atom. The van der Waals surface area contributed by atoms with Gasteiger partial charge >= 0.3 is 0 Å². The lowest BCUT2D eigenvalue weighted by Gasteiger charge is -2.20. The van der Waals surface area contributed by atoms with Crippen LogP contribution in [0.4, 0.5) is 5.69 Å². The number of amidine groups is 1. The van der Waals surface area contributed by atoms with Crippen molar-refractivity contribution in [3.8, 4) is 17.2 Å². The van der Waals surface area contributed by atoms with Crippen molar-refractivity contribution in [2.24, 2.45) is 21.6 Å². The average molecular weight is 628 g/mol. The molecule has 2 atom stereocenters. The van der Waals surface area contributed by atoms with Crippen LogP contribution in [0, 0.1) is 17.2 Å². The van der Waals surface area contributed by atoms with E-state index in [-0.39, 0.29) is 0 Å². The number of nitrogens with one attached hydrogen (secondary N) is 1. The third-order valence-corrected chi connectivity index (χ3v) is 9.54. The Kier molecular flexibility index (Phi) is 8.46. The van der Waals surface area contributed by atoms with Crippen LogP contribution in [-0.2, 0) is 0 Å². The first-order valence-corrected chi connectivity index (χ1v) is 16.5. The van der Waals surface area contributed by atoms with Gasteiger partial charge in [-0.1, -0.05) is 116 Å². The maximum atomic E-state index is 9.21. The van der Waals surface area contributed by atoms with E-state index in [1.54, 1.807) is 11.3 Å². The van der Waals surface area contributed by atoms with Crippen molar-refractivity contribution in [2.75, 3.05) is 5.32 Å². The second-order valence-electron chi connectivity index (χ2n) is 11.7. The summed E-state index contributed by atoms with van der Waals surface area (Å²) in [7, 11) is 0. The van der Waals surface area contributed by atoms with Crippen LogP contribution in [0.1, 0.15) is 35.6 Å². The Labute approximate surface area is 278 Å². The summed E-state index contributed by atoms with van der Waals surface area (Å²) in [4.78, 5) is 9.94. The number of benzene rings is 5. The van der Waals surface area contributed by atoms with E-state index >= 15 is 0 Å². The molecule has 1 aliphatic rings. The maximum Gasteiger partial charge on any atom is 0.216 e. The van der Waals surface area contributed by atoms with E-state index in [4.69, 9.17) is 15.7 Å². The number of nitrogens with zero attached hydrogens (tertiary/aromatic N) is 3. The van der Waals surface area contributed by atoms with Crippen LogP contribution < -0.4 is 11.1 Å². The number of fused-ring (bicyclic) bond motifs is 3. The average Bonchev–Trinajstić information content (AvgIpc) is 3.50. The summed E-state index contributed by atoms with van der Waals surface area (Å²) in [6.07, 6.45) is 8.98. The van der Waals surface area contributed by atoms with Gasteiger partial charge in [-0.25, -0.2) is 9.98 Å². The number of nitriles is 1. The molecule has 1 unspecified atom stereocenters. The van der Waals surface area contributed by atoms with E-state index in [1.807, 2.05) is 85.1 Å². The number of allylic oxidation sites excluding steroid dienone is 4. The lowest BCUT2D eigenvalue weighted by molar-refractivity contribution is 0.740. The van der Waals surface area contributed by atoms with Crippen LogP contribution in [0.25, 0.3) is 36.9 Å². The first-order chi connectivity index (χ1) is 23.1. The second-order valence-corrected chi connectivity index (χ2v) is 12.7. The summed E-state index contributed by atoms with van der Waals surface area (Å²) in [6, 6.07) is 40.7. The van der Waals surface area contributed by atoms with Gasteiger partial charge < -0.3 is 11.1 Å². The minimum atomic E-state index is -0.700. The summed E-state index contributed by atoms with van der Waals surface area (Å²) < 4.78 is 2.39. The van der Waals surface area contributed by atoms with Crippen LogP contribution in [0.15, 0.2) is 143 Å². The normalized spacial score (nSPS) is 15.5. The molecule has 6 heteroatoms. The Morgan fingerprint density at radius 2 is 1.72 bits per heavy atom. The zero-order valence-electron chi connectivity index (χ0n) is 26.0. The van der Waals surface area contributed by atoms with Gasteiger partial charge in [0.2, 0.25) is 6.29 Å². The Bertz CT molecular complexity index is 2230. The molecule has 0 radical (unpaired) electrons. The molecule has 6 aromatic rings. The van der Waals surface area contributed by atoms with Crippen molar-refractivity contribution in [3.05, 3.63) is 156 Å². The molecule has 0 bridgehead atoms. The Morgan fingerprint density at radius 3 is 2.53 bits per heavy atom. The SMILES string of the molecule is C[C@@H]1C=C(c2ccc3c(sc4ccccc43)c2NC(N=Cc2ccccc2)N=C(N)c2cccc(-c3ccc(C#N)cc3)c2)C=CC1. The molecule has 47 heavy (non-hydrogen) atoms. The molecule has 0 amide bonds. The van der Waals surface area contributed by atoms with Crippen molar-refractivity contribution in [3.63, 3.8) is 0 Å². The van der Waals surface area contributed by atoms with Crippen molar-refractivity contribution in [1.29, 1.82) is 5.26 Å². The van der Waals surface area contributed by atoms with Crippen molar-refractivity contribution < 1.29 is 0 Å². The summed E-state index contributed by atoms with van der Waals surface area (Å²) in [5.41, 5.74) is 14.4. The summed E-state index contributed by atoms with van der Waals surface area (Å²) in [5, 5.41) is 15.4. The van der Waals surface area contributed by atoms with Crippen LogP contribution in [0.3, 0.4) is 0 Å². The molecule has 1 aromatic heterocycles. The fraction of sp³-hybridized carbons (Fsp3) is 0.0976. The molecule has 0 fully saturated rings. The van der Waals surface area contributed by atoms with Crippen LogP contribution in [0.5, 0.6) is 0 Å². The molecule has 3 N–H and O–H groups in total. The van der Waals surface area contributed by atoms with E-state index in [2.05, 4.69) is 72.9 Å². The van der Waals surface area contributed by atoms with E-state index in [0.717, 1.165) is 44.6 Å². The number of hydrogen-bond donors (Lipinski definition) is 2. The van der Waals surface area contributed by atoms with Gasteiger partial charge in [0.25, 0.3) is 0 Å². The van der Waals surface area contributed by atoms with Gasteiger partial charge in [0.05, 0.1) is 22.0 Å². The van der Waals surface area contributed by atoms with Crippen molar-refractivity contribution in [2.45, 2.75) is 19.6 Å². The van der Waals surface area contributed by atoms with Crippen LogP contribution in [-0.4, -0.2) is 18.3 Å². The van der Waals surface area contributed by atoms with Gasteiger partial charge in [-0.2, -0.15) is 5.26 Å². The van der Waals surface area contributed by atoms with Gasteiger partial charge in [-0.3, -0.25) is 0 Å². The van der Waals surface area contributed by atoms with Crippen molar-refractivity contribution in [1.82, 2.24) is 0 Å². The molecule has 5 aromatic carbocycles. The smallest absolute Gasteiger partial charge is 0.216 e. The van der Waals surface area contributed by atoms with E-state index in [0.29, 0.717) is 17.3 Å². The highest BCUT2D eigenvalue weighted by atomic mass is 32.1. The molecule has 1 aliphatic carbocycles. The Balaban J connectivity index is 1.33. The predicted molar refractivity (Wildman–Crippen MR) is 199 cm³/mol. The topological polar surface area (TPSA) is 86.6 Å². The fourth-order valence-electron chi connectivity index (χ4n) is 5.92. The van der Waals surface area contributed by atoms with Crippen molar-refractivity contribution >= 4 is 54.8 Å². The minimum absolute atomic E-state index is 0.374.